The van der Waals surface area contributed by atoms with Gasteiger partial charge in [-0.3, -0.25) is 9.59 Å². The van der Waals surface area contributed by atoms with Crippen molar-refractivity contribution in [3.05, 3.63) is 65.7 Å². The Kier molecular flexibility index (Phi) is 7.75. The Labute approximate surface area is 164 Å². The van der Waals surface area contributed by atoms with Crippen molar-refractivity contribution in [1.29, 1.82) is 0 Å². The first kappa shape index (κ1) is 21.2. The number of ketones is 1. The van der Waals surface area contributed by atoms with Crippen LogP contribution in [0.5, 0.6) is 5.75 Å². The average Bonchev–Trinajstić information content (AvgIpc) is 2.71. The summed E-state index contributed by atoms with van der Waals surface area (Å²) < 4.78 is 10.2. The van der Waals surface area contributed by atoms with Gasteiger partial charge in [0.05, 0.1) is 0 Å². The molecule has 6 heteroatoms. The molecule has 0 unspecified atom stereocenters. The number of carbonyl (C=O) groups excluding carboxylic acids is 3. The minimum absolute atomic E-state index is 0.000405. The lowest BCUT2D eigenvalue weighted by atomic mass is 10.0. The third-order valence-electron chi connectivity index (χ3n) is 4.26. The van der Waals surface area contributed by atoms with E-state index in [9.17, 15) is 14.4 Å². The van der Waals surface area contributed by atoms with E-state index in [1.807, 2.05) is 26.8 Å². The van der Waals surface area contributed by atoms with Gasteiger partial charge in [0.1, 0.15) is 5.75 Å². The molecule has 0 spiro atoms. The van der Waals surface area contributed by atoms with Gasteiger partial charge in [0, 0.05) is 17.2 Å². The standard InChI is InChI=1S/C22H25NO5/c1-15(2)16(3)23-20(24)13-28-21(25)14-27-19-11-9-18(10-12-19)22(26)17-7-5-4-6-8-17/h4-12,15-16H,13-14H2,1-3H3,(H,23,24)/t16-/m1/s1. The van der Waals surface area contributed by atoms with Crippen molar-refractivity contribution in [2.75, 3.05) is 13.2 Å². The maximum Gasteiger partial charge on any atom is 0.344 e. The molecule has 2 aromatic rings. The molecule has 0 radical (unpaired) electrons. The molecule has 2 rings (SSSR count). The van der Waals surface area contributed by atoms with Gasteiger partial charge in [0.15, 0.2) is 19.0 Å². The van der Waals surface area contributed by atoms with Crippen LogP contribution < -0.4 is 10.1 Å². The highest BCUT2D eigenvalue weighted by molar-refractivity contribution is 6.08. The van der Waals surface area contributed by atoms with Gasteiger partial charge in [0.25, 0.3) is 5.91 Å². The van der Waals surface area contributed by atoms with Gasteiger partial charge in [-0.25, -0.2) is 4.79 Å². The third-order valence-corrected chi connectivity index (χ3v) is 4.26. The molecular formula is C22H25NO5. The Morgan fingerprint density at radius 3 is 2.07 bits per heavy atom. The minimum atomic E-state index is -0.642. The average molecular weight is 383 g/mol. The van der Waals surface area contributed by atoms with E-state index in [0.717, 1.165) is 0 Å². The summed E-state index contributed by atoms with van der Waals surface area (Å²) >= 11 is 0. The predicted octanol–water partition coefficient (Wildman–Crippen LogP) is 3.00. The topological polar surface area (TPSA) is 81.7 Å². The summed E-state index contributed by atoms with van der Waals surface area (Å²) in [5, 5.41) is 2.75. The third kappa shape index (κ3) is 6.54. The molecule has 0 bridgehead atoms. The van der Waals surface area contributed by atoms with E-state index in [2.05, 4.69) is 5.32 Å². The lowest BCUT2D eigenvalue weighted by Crippen LogP contribution is -2.39. The minimum Gasteiger partial charge on any atom is -0.482 e. The molecule has 0 aromatic heterocycles. The molecule has 0 fully saturated rings. The van der Waals surface area contributed by atoms with Crippen LogP contribution in [0.1, 0.15) is 36.7 Å². The number of carbonyl (C=O) groups is 3. The summed E-state index contributed by atoms with van der Waals surface area (Å²) in [4.78, 5) is 35.8. The summed E-state index contributed by atoms with van der Waals surface area (Å²) in [6.07, 6.45) is 0. The lowest BCUT2D eigenvalue weighted by Gasteiger charge is -2.17. The summed E-state index contributed by atoms with van der Waals surface area (Å²) in [6.45, 7) is 5.20. The number of amides is 1. The van der Waals surface area contributed by atoms with Crippen LogP contribution in [-0.2, 0) is 14.3 Å². The molecule has 28 heavy (non-hydrogen) atoms. The number of ether oxygens (including phenoxy) is 2. The highest BCUT2D eigenvalue weighted by atomic mass is 16.6. The second kappa shape index (κ2) is 10.3. The van der Waals surface area contributed by atoms with Gasteiger partial charge >= 0.3 is 5.97 Å². The molecule has 1 N–H and O–H groups in total. The molecular weight excluding hydrogens is 358 g/mol. The van der Waals surface area contributed by atoms with Gasteiger partial charge in [-0.15, -0.1) is 0 Å². The summed E-state index contributed by atoms with van der Waals surface area (Å²) in [5.74, 6) is -0.359. The van der Waals surface area contributed by atoms with E-state index in [1.54, 1.807) is 48.5 Å². The lowest BCUT2D eigenvalue weighted by molar-refractivity contribution is -0.150. The molecule has 0 saturated heterocycles. The molecule has 1 amide bonds. The number of esters is 1. The van der Waals surface area contributed by atoms with Gasteiger partial charge in [-0.05, 0) is 37.1 Å². The molecule has 148 valence electrons. The van der Waals surface area contributed by atoms with E-state index < -0.39 is 5.97 Å². The van der Waals surface area contributed by atoms with Crippen LogP contribution >= 0.6 is 0 Å². The van der Waals surface area contributed by atoms with Crippen molar-refractivity contribution >= 4 is 17.7 Å². The molecule has 2 aromatic carbocycles. The Hall–Kier alpha value is -3.15. The predicted molar refractivity (Wildman–Crippen MR) is 105 cm³/mol. The first-order chi connectivity index (χ1) is 13.4. The van der Waals surface area contributed by atoms with Gasteiger partial charge in [0.2, 0.25) is 0 Å². The van der Waals surface area contributed by atoms with Crippen molar-refractivity contribution < 1.29 is 23.9 Å². The Morgan fingerprint density at radius 1 is 0.857 bits per heavy atom. The van der Waals surface area contributed by atoms with Crippen LogP contribution in [0, 0.1) is 5.92 Å². The van der Waals surface area contributed by atoms with Crippen LogP contribution in [0.3, 0.4) is 0 Å². The Balaban J connectivity index is 1.77. The highest BCUT2D eigenvalue weighted by Gasteiger charge is 2.13. The first-order valence-corrected chi connectivity index (χ1v) is 9.14. The van der Waals surface area contributed by atoms with Gasteiger partial charge < -0.3 is 14.8 Å². The van der Waals surface area contributed by atoms with Gasteiger partial charge in [-0.2, -0.15) is 0 Å². The number of benzene rings is 2. The van der Waals surface area contributed by atoms with Crippen molar-refractivity contribution in [3.8, 4) is 5.75 Å². The highest BCUT2D eigenvalue weighted by Crippen LogP contribution is 2.15. The first-order valence-electron chi connectivity index (χ1n) is 9.14. The zero-order valence-electron chi connectivity index (χ0n) is 16.3. The van der Waals surface area contributed by atoms with Crippen LogP contribution in [0.2, 0.25) is 0 Å². The van der Waals surface area contributed by atoms with Gasteiger partial charge in [-0.1, -0.05) is 44.2 Å². The second-order valence-corrected chi connectivity index (χ2v) is 6.77. The van der Waals surface area contributed by atoms with Crippen molar-refractivity contribution in [2.45, 2.75) is 26.8 Å². The fraction of sp³-hybridized carbons (Fsp3) is 0.318. The fourth-order valence-corrected chi connectivity index (χ4v) is 2.25. The molecule has 0 aliphatic carbocycles. The maximum absolute atomic E-state index is 12.3. The maximum atomic E-state index is 12.3. The van der Waals surface area contributed by atoms with E-state index in [0.29, 0.717) is 22.8 Å². The van der Waals surface area contributed by atoms with Crippen LogP contribution in [0.4, 0.5) is 0 Å². The monoisotopic (exact) mass is 383 g/mol. The van der Waals surface area contributed by atoms with E-state index in [1.165, 1.54) is 0 Å². The van der Waals surface area contributed by atoms with Crippen molar-refractivity contribution in [1.82, 2.24) is 5.32 Å². The number of rotatable bonds is 9. The zero-order valence-corrected chi connectivity index (χ0v) is 16.3. The number of hydrogen-bond donors (Lipinski definition) is 1. The smallest absolute Gasteiger partial charge is 0.344 e. The number of hydrogen-bond acceptors (Lipinski definition) is 5. The Morgan fingerprint density at radius 2 is 1.46 bits per heavy atom. The summed E-state index contributed by atoms with van der Waals surface area (Å²) in [6, 6.07) is 15.5. The summed E-state index contributed by atoms with van der Waals surface area (Å²) in [7, 11) is 0. The molecule has 0 heterocycles. The van der Waals surface area contributed by atoms with E-state index in [4.69, 9.17) is 9.47 Å². The van der Waals surface area contributed by atoms with Crippen molar-refractivity contribution in [3.63, 3.8) is 0 Å². The Bertz CT molecular complexity index is 799. The van der Waals surface area contributed by atoms with Crippen molar-refractivity contribution in [2.24, 2.45) is 5.92 Å². The molecule has 1 atom stereocenters. The molecule has 0 saturated carbocycles. The quantitative estimate of drug-likeness (QED) is 0.532. The summed E-state index contributed by atoms with van der Waals surface area (Å²) in [5.41, 5.74) is 1.13. The fourth-order valence-electron chi connectivity index (χ4n) is 2.25. The normalized spacial score (nSPS) is 11.6. The van der Waals surface area contributed by atoms with E-state index in [-0.39, 0.29) is 30.9 Å². The second-order valence-electron chi connectivity index (χ2n) is 6.77. The zero-order chi connectivity index (χ0) is 20.5. The molecule has 0 aliphatic rings. The van der Waals surface area contributed by atoms with Crippen LogP contribution in [0.15, 0.2) is 54.6 Å². The SMILES string of the molecule is CC(C)[C@@H](C)NC(=O)COC(=O)COc1ccc(C(=O)c2ccccc2)cc1. The van der Waals surface area contributed by atoms with E-state index >= 15 is 0 Å². The number of nitrogens with one attached hydrogen (secondary N) is 1. The molecule has 0 aliphatic heterocycles. The van der Waals surface area contributed by atoms with Crippen LogP contribution in [-0.4, -0.2) is 36.9 Å². The molecule has 6 nitrogen and oxygen atoms in total. The largest absolute Gasteiger partial charge is 0.482 e. The van der Waals surface area contributed by atoms with Crippen LogP contribution in [0.25, 0.3) is 0 Å².